The number of amides is 1. The molecule has 0 bridgehead atoms. The van der Waals surface area contributed by atoms with Crippen molar-refractivity contribution in [1.29, 1.82) is 0 Å². The average Bonchev–Trinajstić information content (AvgIpc) is 3.41. The number of carbonyl (C=O) groups excluding carboxylic acids is 1. The van der Waals surface area contributed by atoms with E-state index in [4.69, 9.17) is 15.0 Å². The highest BCUT2D eigenvalue weighted by Gasteiger charge is 2.24. The summed E-state index contributed by atoms with van der Waals surface area (Å²) < 4.78 is 13.5. The van der Waals surface area contributed by atoms with E-state index in [2.05, 4.69) is 27.2 Å². The van der Waals surface area contributed by atoms with Crippen LogP contribution in [0.4, 0.5) is 15.8 Å². The molecular weight excluding hydrogens is 507 g/mol. The fraction of sp³-hybridized carbons (Fsp3) is 0.200. The van der Waals surface area contributed by atoms with Gasteiger partial charge in [-0.15, -0.1) is 0 Å². The van der Waals surface area contributed by atoms with Crippen molar-refractivity contribution in [2.45, 2.75) is 26.2 Å². The molecule has 9 nitrogen and oxygen atoms in total. The molecule has 0 saturated heterocycles. The number of nitrogens with zero attached hydrogens (tertiary/aromatic N) is 6. The number of aliphatic imine (C=N–C) groups is 1. The van der Waals surface area contributed by atoms with E-state index in [1.807, 2.05) is 30.3 Å². The van der Waals surface area contributed by atoms with Crippen LogP contribution in [-0.4, -0.2) is 50.3 Å². The van der Waals surface area contributed by atoms with E-state index in [0.29, 0.717) is 36.0 Å². The van der Waals surface area contributed by atoms with Gasteiger partial charge in [0.25, 0.3) is 0 Å². The number of pyridine rings is 3. The van der Waals surface area contributed by atoms with Crippen molar-refractivity contribution < 1.29 is 9.18 Å². The standard InChI is InChI=1S/C30H27FN8O/c1-3-4-5-27(40)36-21-10-19(12-32-13-21)24-11-22-26(16-34-24)39(2)17-35-29(22)30-37-25-15-33-14-23(28(25)38-30)18-6-8-20(31)9-7-18/h6-16H,3-5,17H2,1-2H3,(H,36,40)(H,37,38). The van der Waals surface area contributed by atoms with Gasteiger partial charge < -0.3 is 15.2 Å². The Hall–Kier alpha value is -4.99. The molecule has 0 atom stereocenters. The SMILES string of the molecule is CCCCC(=O)Nc1cncc(-c2cc3c(cn2)N(C)CN=C3c2nc3c(-c4ccc(F)cc4)cncc3[nH]2)c1. The number of carbonyl (C=O) groups is 1. The lowest BCUT2D eigenvalue weighted by Gasteiger charge is -2.25. The topological polar surface area (TPSA) is 112 Å². The number of unbranched alkanes of at least 4 members (excludes halogenated alkanes) is 1. The third kappa shape index (κ3) is 4.91. The molecule has 5 aromatic rings. The van der Waals surface area contributed by atoms with Crippen LogP contribution in [0.25, 0.3) is 33.4 Å². The van der Waals surface area contributed by atoms with E-state index < -0.39 is 0 Å². The number of hydrogen-bond acceptors (Lipinski definition) is 7. The summed E-state index contributed by atoms with van der Waals surface area (Å²) in [5.41, 5.74) is 7.69. The van der Waals surface area contributed by atoms with Gasteiger partial charge in [0.05, 0.1) is 46.7 Å². The predicted octanol–water partition coefficient (Wildman–Crippen LogP) is 5.59. The van der Waals surface area contributed by atoms with Crippen LogP contribution in [0.15, 0.2) is 72.4 Å². The summed E-state index contributed by atoms with van der Waals surface area (Å²) >= 11 is 0. The second-order valence-corrected chi connectivity index (χ2v) is 9.72. The molecule has 40 heavy (non-hydrogen) atoms. The highest BCUT2D eigenvalue weighted by atomic mass is 19.1. The first-order chi connectivity index (χ1) is 19.5. The van der Waals surface area contributed by atoms with Crippen molar-refractivity contribution in [2.24, 2.45) is 4.99 Å². The lowest BCUT2D eigenvalue weighted by atomic mass is 10.0. The van der Waals surface area contributed by atoms with Gasteiger partial charge in [-0.2, -0.15) is 0 Å². The van der Waals surface area contributed by atoms with Gasteiger partial charge in [0.15, 0.2) is 5.82 Å². The largest absolute Gasteiger partial charge is 0.353 e. The number of imidazole rings is 1. The van der Waals surface area contributed by atoms with Crippen molar-refractivity contribution >= 4 is 34.0 Å². The van der Waals surface area contributed by atoms with Gasteiger partial charge in [0, 0.05) is 42.6 Å². The molecule has 1 aliphatic heterocycles. The molecule has 0 aliphatic carbocycles. The third-order valence-electron chi connectivity index (χ3n) is 6.84. The second kappa shape index (κ2) is 10.6. The zero-order valence-electron chi connectivity index (χ0n) is 22.1. The number of benzene rings is 1. The maximum Gasteiger partial charge on any atom is 0.224 e. The maximum absolute atomic E-state index is 13.5. The van der Waals surface area contributed by atoms with Crippen LogP contribution >= 0.6 is 0 Å². The summed E-state index contributed by atoms with van der Waals surface area (Å²) in [7, 11) is 1.96. The molecule has 200 valence electrons. The lowest BCUT2D eigenvalue weighted by Crippen LogP contribution is -2.27. The minimum atomic E-state index is -0.298. The minimum Gasteiger partial charge on any atom is -0.353 e. The van der Waals surface area contributed by atoms with Crippen molar-refractivity contribution in [1.82, 2.24) is 24.9 Å². The molecule has 5 heterocycles. The second-order valence-electron chi connectivity index (χ2n) is 9.72. The van der Waals surface area contributed by atoms with E-state index in [-0.39, 0.29) is 11.7 Å². The summed E-state index contributed by atoms with van der Waals surface area (Å²) in [6, 6.07) is 10.1. The summed E-state index contributed by atoms with van der Waals surface area (Å²) in [5.74, 6) is 0.274. The van der Waals surface area contributed by atoms with Crippen molar-refractivity contribution in [3.05, 3.63) is 84.6 Å². The zero-order chi connectivity index (χ0) is 27.6. The highest BCUT2D eigenvalue weighted by molar-refractivity contribution is 6.16. The minimum absolute atomic E-state index is 0.0328. The number of hydrogen-bond donors (Lipinski definition) is 2. The lowest BCUT2D eigenvalue weighted by molar-refractivity contribution is -0.116. The van der Waals surface area contributed by atoms with Crippen LogP contribution in [0, 0.1) is 5.82 Å². The van der Waals surface area contributed by atoms with Gasteiger partial charge in [-0.1, -0.05) is 25.5 Å². The van der Waals surface area contributed by atoms with Crippen LogP contribution in [0.3, 0.4) is 0 Å². The monoisotopic (exact) mass is 534 g/mol. The van der Waals surface area contributed by atoms with Crippen molar-refractivity contribution in [2.75, 3.05) is 23.9 Å². The van der Waals surface area contributed by atoms with Gasteiger partial charge >= 0.3 is 0 Å². The normalized spacial score (nSPS) is 12.8. The molecule has 0 fully saturated rings. The Balaban J connectivity index is 1.37. The van der Waals surface area contributed by atoms with Gasteiger partial charge in [0.1, 0.15) is 18.2 Å². The number of aromatic amines is 1. The Morgan fingerprint density at radius 3 is 2.67 bits per heavy atom. The Labute approximate surface area is 230 Å². The molecule has 0 spiro atoms. The summed E-state index contributed by atoms with van der Waals surface area (Å²) in [4.78, 5) is 40.8. The first kappa shape index (κ1) is 25.3. The zero-order valence-corrected chi connectivity index (χ0v) is 22.1. The Morgan fingerprint density at radius 2 is 1.85 bits per heavy atom. The van der Waals surface area contributed by atoms with Gasteiger partial charge in [0.2, 0.25) is 5.91 Å². The van der Waals surface area contributed by atoms with E-state index in [1.54, 1.807) is 36.9 Å². The molecule has 2 N–H and O–H groups in total. The quantitative estimate of drug-likeness (QED) is 0.281. The molecule has 4 aromatic heterocycles. The summed E-state index contributed by atoms with van der Waals surface area (Å²) in [6.45, 7) is 2.50. The van der Waals surface area contributed by atoms with Gasteiger partial charge in [-0.05, 0) is 36.2 Å². The van der Waals surface area contributed by atoms with Crippen molar-refractivity contribution in [3.63, 3.8) is 0 Å². The number of fused-ring (bicyclic) bond motifs is 2. The Bertz CT molecular complexity index is 1750. The molecule has 1 aliphatic rings. The van der Waals surface area contributed by atoms with E-state index in [1.165, 1.54) is 12.1 Å². The van der Waals surface area contributed by atoms with Gasteiger partial charge in [-0.25, -0.2) is 9.37 Å². The molecule has 0 saturated carbocycles. The number of anilines is 2. The van der Waals surface area contributed by atoms with Crippen LogP contribution in [-0.2, 0) is 4.79 Å². The number of aromatic nitrogens is 5. The third-order valence-corrected chi connectivity index (χ3v) is 6.84. The molecule has 1 aromatic carbocycles. The molecular formula is C30H27FN8O. The summed E-state index contributed by atoms with van der Waals surface area (Å²) in [5, 5.41) is 2.92. The van der Waals surface area contributed by atoms with Crippen LogP contribution in [0.2, 0.25) is 0 Å². The molecule has 10 heteroatoms. The predicted molar refractivity (Wildman–Crippen MR) is 154 cm³/mol. The van der Waals surface area contributed by atoms with Crippen LogP contribution in [0.1, 0.15) is 37.6 Å². The number of H-pyrrole nitrogens is 1. The van der Waals surface area contributed by atoms with Crippen molar-refractivity contribution in [3.8, 4) is 22.4 Å². The number of halogens is 1. The molecule has 1 amide bonds. The van der Waals surface area contributed by atoms with Crippen LogP contribution in [0.5, 0.6) is 0 Å². The highest BCUT2D eigenvalue weighted by Crippen LogP contribution is 2.32. The summed E-state index contributed by atoms with van der Waals surface area (Å²) in [6.07, 6.45) is 10.9. The molecule has 6 rings (SSSR count). The maximum atomic E-state index is 13.5. The molecule has 0 unspecified atom stereocenters. The van der Waals surface area contributed by atoms with Crippen LogP contribution < -0.4 is 10.2 Å². The molecule has 0 radical (unpaired) electrons. The fourth-order valence-electron chi connectivity index (χ4n) is 4.74. The Kier molecular flexibility index (Phi) is 6.73. The fourth-order valence-corrected chi connectivity index (χ4v) is 4.74. The van der Waals surface area contributed by atoms with E-state index in [0.717, 1.165) is 51.8 Å². The average molecular weight is 535 g/mol. The number of nitrogens with one attached hydrogen (secondary N) is 2. The first-order valence-corrected chi connectivity index (χ1v) is 13.1. The first-order valence-electron chi connectivity index (χ1n) is 13.1. The number of rotatable bonds is 7. The van der Waals surface area contributed by atoms with E-state index >= 15 is 0 Å². The smallest absolute Gasteiger partial charge is 0.224 e. The Morgan fingerprint density at radius 1 is 1.02 bits per heavy atom. The van der Waals surface area contributed by atoms with E-state index in [9.17, 15) is 9.18 Å². The van der Waals surface area contributed by atoms with Gasteiger partial charge in [-0.3, -0.25) is 24.7 Å².